The number of likely N-dealkylation sites (N-methyl/N-ethyl adjacent to an activating group) is 1. The van der Waals surface area contributed by atoms with Gasteiger partial charge in [-0.05, 0) is 62.2 Å². The first kappa shape index (κ1) is 37.7. The van der Waals surface area contributed by atoms with Crippen LogP contribution in [0.2, 0.25) is 0 Å². The molecule has 5 rings (SSSR count). The number of amides is 5. The van der Waals surface area contributed by atoms with Crippen LogP contribution in [0.4, 0.5) is 27.5 Å². The number of fused-ring (bicyclic) bond motifs is 2. The molecule has 3 aromatic carbocycles. The largest absolute Gasteiger partial charge is 0.488 e. The number of rotatable bonds is 13. The Labute approximate surface area is 303 Å². The molecule has 0 saturated carbocycles. The molecule has 2 aliphatic heterocycles. The van der Waals surface area contributed by atoms with Crippen molar-refractivity contribution in [3.8, 4) is 17.2 Å². The van der Waals surface area contributed by atoms with Crippen LogP contribution >= 0.6 is 0 Å². The number of nitrogens with zero attached hydrogens (tertiary/aromatic N) is 2. The minimum atomic E-state index is -0.516. The molecule has 0 saturated heterocycles. The molecular weight excluding hydrogens is 668 g/mol. The first-order chi connectivity index (χ1) is 25.0. The third-order valence-electron chi connectivity index (χ3n) is 9.17. The van der Waals surface area contributed by atoms with Gasteiger partial charge in [-0.25, -0.2) is 4.79 Å². The van der Waals surface area contributed by atoms with Gasteiger partial charge in [-0.1, -0.05) is 25.5 Å². The van der Waals surface area contributed by atoms with Crippen molar-refractivity contribution in [3.63, 3.8) is 0 Å². The third kappa shape index (κ3) is 10.1. The van der Waals surface area contributed by atoms with Crippen LogP contribution in [0.3, 0.4) is 0 Å². The van der Waals surface area contributed by atoms with Gasteiger partial charge in [-0.2, -0.15) is 0 Å². The van der Waals surface area contributed by atoms with Crippen LogP contribution in [0.1, 0.15) is 51.5 Å². The summed E-state index contributed by atoms with van der Waals surface area (Å²) in [5.74, 6) is 0.921. The molecule has 0 fully saturated rings. The molecule has 0 bridgehead atoms. The monoisotopic (exact) mass is 716 g/mol. The number of nitrogens with one attached hydrogen (secondary N) is 3. The van der Waals surface area contributed by atoms with Gasteiger partial charge in [0.1, 0.15) is 11.9 Å². The summed E-state index contributed by atoms with van der Waals surface area (Å²) in [6, 6.07) is 16.6. The summed E-state index contributed by atoms with van der Waals surface area (Å²) in [6.07, 6.45) is 1.99. The van der Waals surface area contributed by atoms with Crippen molar-refractivity contribution in [3.05, 3.63) is 66.2 Å². The fourth-order valence-corrected chi connectivity index (χ4v) is 6.07. The Bertz CT molecular complexity index is 1750. The molecule has 0 aromatic heterocycles. The number of ether oxygens (including phenoxy) is 3. The molecule has 52 heavy (non-hydrogen) atoms. The number of carbonyl (C=O) groups is 4. The number of hydrogen-bond donors (Lipinski definition) is 5. The van der Waals surface area contributed by atoms with Crippen LogP contribution in [0.15, 0.2) is 60.7 Å². The molecule has 278 valence electrons. The topological polar surface area (TPSA) is 185 Å². The number of unbranched alkanes of at least 4 members (excludes halogenated alkanes) is 2. The highest BCUT2D eigenvalue weighted by Gasteiger charge is 2.32. The predicted molar refractivity (Wildman–Crippen MR) is 197 cm³/mol. The third-order valence-corrected chi connectivity index (χ3v) is 9.17. The van der Waals surface area contributed by atoms with E-state index < -0.39 is 12.1 Å². The van der Waals surface area contributed by atoms with Crippen molar-refractivity contribution in [2.75, 3.05) is 55.2 Å². The maximum atomic E-state index is 13.6. The SMILES string of the molecule is C[C@@H]1CN([C@@H](C)CO)C(=O)Cc2cc(NC(=O)CCCCCC(=O)Nc3ccccc3N)ccc2O[C@@H]1CN(C)C(=O)Nc1ccc2c(c1)OCO2. The summed E-state index contributed by atoms with van der Waals surface area (Å²) in [5.41, 5.74) is 8.63. The first-order valence-electron chi connectivity index (χ1n) is 17.6. The maximum absolute atomic E-state index is 13.6. The number of nitrogens with two attached hydrogens (primary N) is 1. The number of anilines is 4. The summed E-state index contributed by atoms with van der Waals surface area (Å²) in [6.45, 7) is 4.16. The zero-order chi connectivity index (χ0) is 37.2. The van der Waals surface area contributed by atoms with E-state index in [1.165, 1.54) is 4.90 Å². The highest BCUT2D eigenvalue weighted by molar-refractivity contribution is 5.94. The lowest BCUT2D eigenvalue weighted by Crippen LogP contribution is -2.48. The zero-order valence-electron chi connectivity index (χ0n) is 29.9. The minimum absolute atomic E-state index is 0.0000414. The maximum Gasteiger partial charge on any atom is 0.321 e. The number of carbonyl (C=O) groups excluding carboxylic acids is 4. The molecular formula is C38H48N6O8. The Kier molecular flexibility index (Phi) is 12.8. The molecule has 2 heterocycles. The van der Waals surface area contributed by atoms with Crippen molar-refractivity contribution < 1.29 is 38.5 Å². The van der Waals surface area contributed by atoms with Gasteiger partial charge in [0.15, 0.2) is 11.5 Å². The number of benzene rings is 3. The van der Waals surface area contributed by atoms with Crippen LogP contribution in [-0.2, 0) is 20.8 Å². The lowest BCUT2D eigenvalue weighted by molar-refractivity contribution is -0.134. The molecule has 0 radical (unpaired) electrons. The lowest BCUT2D eigenvalue weighted by Gasteiger charge is -2.34. The van der Waals surface area contributed by atoms with E-state index >= 15 is 0 Å². The van der Waals surface area contributed by atoms with Crippen molar-refractivity contribution in [1.82, 2.24) is 9.80 Å². The van der Waals surface area contributed by atoms with Gasteiger partial charge in [0.25, 0.3) is 0 Å². The highest BCUT2D eigenvalue weighted by atomic mass is 16.7. The fourth-order valence-electron chi connectivity index (χ4n) is 6.07. The summed E-state index contributed by atoms with van der Waals surface area (Å²) in [5, 5.41) is 18.6. The van der Waals surface area contributed by atoms with Crippen molar-refractivity contribution >= 4 is 46.5 Å². The van der Waals surface area contributed by atoms with E-state index in [4.69, 9.17) is 19.9 Å². The molecule has 0 aliphatic carbocycles. The zero-order valence-corrected chi connectivity index (χ0v) is 29.9. The van der Waals surface area contributed by atoms with Gasteiger partial charge >= 0.3 is 6.03 Å². The standard InChI is InChI=1S/C38H48N6O8/c1-24-20-44(25(2)22-45)37(48)18-26-17-27(40-35(46)11-5-4-6-12-36(47)42-30-10-8-7-9-29(30)39)13-15-31(26)52-34(24)21-43(3)38(49)41-28-14-16-32-33(19-28)51-23-50-32/h7-10,13-17,19,24-25,34,45H,4-6,11-12,18,20-23,39H2,1-3H3,(H,40,46)(H,41,49)(H,42,47)/t24-,25+,34-/m1/s1. The predicted octanol–water partition coefficient (Wildman–Crippen LogP) is 4.84. The number of aliphatic hydroxyl groups is 1. The molecule has 3 atom stereocenters. The highest BCUT2D eigenvalue weighted by Crippen LogP contribution is 2.34. The number of hydrogen-bond acceptors (Lipinski definition) is 9. The Hall–Kier alpha value is -5.50. The van der Waals surface area contributed by atoms with E-state index in [2.05, 4.69) is 16.0 Å². The Morgan fingerprint density at radius 2 is 1.60 bits per heavy atom. The average Bonchev–Trinajstić information content (AvgIpc) is 3.60. The molecule has 3 aromatic rings. The second kappa shape index (κ2) is 17.6. The van der Waals surface area contributed by atoms with E-state index in [-0.39, 0.29) is 62.5 Å². The van der Waals surface area contributed by atoms with Gasteiger partial charge in [-0.3, -0.25) is 14.4 Å². The van der Waals surface area contributed by atoms with Crippen LogP contribution < -0.4 is 35.9 Å². The van der Waals surface area contributed by atoms with Crippen molar-refractivity contribution in [2.45, 2.75) is 64.5 Å². The van der Waals surface area contributed by atoms with E-state index in [0.717, 1.165) is 0 Å². The van der Waals surface area contributed by atoms with Gasteiger partial charge < -0.3 is 50.8 Å². The Morgan fingerprint density at radius 3 is 2.33 bits per heavy atom. The molecule has 0 spiro atoms. The second-order valence-corrected chi connectivity index (χ2v) is 13.3. The van der Waals surface area contributed by atoms with Gasteiger partial charge in [0.2, 0.25) is 24.5 Å². The van der Waals surface area contributed by atoms with E-state index in [9.17, 15) is 24.3 Å². The number of nitrogen functional groups attached to an aromatic ring is 1. The Balaban J connectivity index is 1.19. The summed E-state index contributed by atoms with van der Waals surface area (Å²) < 4.78 is 17.3. The van der Waals surface area contributed by atoms with Crippen LogP contribution in [0.25, 0.3) is 0 Å². The summed E-state index contributed by atoms with van der Waals surface area (Å²) >= 11 is 0. The summed E-state index contributed by atoms with van der Waals surface area (Å²) in [4.78, 5) is 55.1. The summed E-state index contributed by atoms with van der Waals surface area (Å²) in [7, 11) is 1.67. The first-order valence-corrected chi connectivity index (χ1v) is 17.6. The van der Waals surface area contributed by atoms with Gasteiger partial charge in [0, 0.05) is 55.4 Å². The molecule has 6 N–H and O–H groups in total. The normalized spacial score (nSPS) is 17.1. The fraction of sp³-hybridized carbons (Fsp3) is 0.421. The molecule has 2 aliphatic rings. The minimum Gasteiger partial charge on any atom is -0.488 e. The molecule has 14 nitrogen and oxygen atoms in total. The van der Waals surface area contributed by atoms with Gasteiger partial charge in [-0.15, -0.1) is 0 Å². The lowest BCUT2D eigenvalue weighted by atomic mass is 10.0. The number of para-hydroxylation sites is 2. The van der Waals surface area contributed by atoms with Crippen LogP contribution in [-0.4, -0.2) is 84.3 Å². The average molecular weight is 717 g/mol. The molecule has 0 unspecified atom stereocenters. The van der Waals surface area contributed by atoms with E-state index in [1.54, 1.807) is 79.5 Å². The molecule has 5 amide bonds. The van der Waals surface area contributed by atoms with Crippen LogP contribution in [0.5, 0.6) is 17.2 Å². The van der Waals surface area contributed by atoms with Gasteiger partial charge in [0.05, 0.1) is 37.0 Å². The smallest absolute Gasteiger partial charge is 0.321 e. The molecule has 14 heteroatoms. The second-order valence-electron chi connectivity index (χ2n) is 13.3. The van der Waals surface area contributed by atoms with E-state index in [1.807, 2.05) is 6.92 Å². The Morgan fingerprint density at radius 1 is 0.923 bits per heavy atom. The van der Waals surface area contributed by atoms with E-state index in [0.29, 0.717) is 77.8 Å². The van der Waals surface area contributed by atoms with Crippen LogP contribution in [0, 0.1) is 5.92 Å². The quantitative estimate of drug-likeness (QED) is 0.122. The number of urea groups is 1. The van der Waals surface area contributed by atoms with Crippen molar-refractivity contribution in [1.29, 1.82) is 0 Å². The number of aliphatic hydroxyl groups excluding tert-OH is 1. The van der Waals surface area contributed by atoms with Crippen molar-refractivity contribution in [2.24, 2.45) is 5.92 Å².